The van der Waals surface area contributed by atoms with Gasteiger partial charge in [0, 0.05) is 0 Å². The highest BCUT2D eigenvalue weighted by Crippen LogP contribution is 2.18. The number of hydrogen-bond donors (Lipinski definition) is 1. The number of primary sulfonamides is 1. The number of halogens is 1. The molecule has 0 heterocycles. The molecule has 0 unspecified atom stereocenters. The standard InChI is InChI=1S/C9H11FNO3S/c1-7-3-2-4-8(9(7)10)14-5-6-15(11,12)13/h2,4H,5-6H2,1H3,(H2,11,12,13). The van der Waals surface area contributed by atoms with Crippen LogP contribution in [0.15, 0.2) is 12.1 Å². The molecule has 0 aliphatic rings. The van der Waals surface area contributed by atoms with Crippen LogP contribution >= 0.6 is 0 Å². The van der Waals surface area contributed by atoms with Gasteiger partial charge in [0.2, 0.25) is 10.0 Å². The predicted molar refractivity (Wildman–Crippen MR) is 53.4 cm³/mol. The molecule has 83 valence electrons. The van der Waals surface area contributed by atoms with Crippen LogP contribution in [0.4, 0.5) is 4.39 Å². The lowest BCUT2D eigenvalue weighted by atomic mass is 10.2. The Bertz CT molecular complexity index is 445. The Morgan fingerprint density at radius 1 is 1.60 bits per heavy atom. The van der Waals surface area contributed by atoms with Gasteiger partial charge in [-0.25, -0.2) is 17.9 Å². The van der Waals surface area contributed by atoms with Crippen molar-refractivity contribution in [1.82, 2.24) is 0 Å². The smallest absolute Gasteiger partial charge is 0.212 e. The first-order valence-electron chi connectivity index (χ1n) is 4.20. The fraction of sp³-hybridized carbons (Fsp3) is 0.333. The van der Waals surface area contributed by atoms with Gasteiger partial charge in [-0.05, 0) is 24.6 Å². The van der Waals surface area contributed by atoms with Crippen molar-refractivity contribution in [3.63, 3.8) is 0 Å². The van der Waals surface area contributed by atoms with Gasteiger partial charge in [0.1, 0.15) is 6.61 Å². The lowest BCUT2D eigenvalue weighted by Gasteiger charge is -2.07. The van der Waals surface area contributed by atoms with E-state index in [0.29, 0.717) is 5.56 Å². The largest absolute Gasteiger partial charge is 0.489 e. The zero-order chi connectivity index (χ0) is 11.5. The van der Waals surface area contributed by atoms with Crippen LogP contribution in [0.5, 0.6) is 5.75 Å². The van der Waals surface area contributed by atoms with Gasteiger partial charge in [0.25, 0.3) is 0 Å². The first kappa shape index (κ1) is 11.9. The second-order valence-electron chi connectivity index (χ2n) is 3.00. The van der Waals surface area contributed by atoms with E-state index in [1.807, 2.05) is 0 Å². The van der Waals surface area contributed by atoms with E-state index in [0.717, 1.165) is 0 Å². The molecule has 0 bridgehead atoms. The van der Waals surface area contributed by atoms with Gasteiger partial charge in [-0.2, -0.15) is 0 Å². The van der Waals surface area contributed by atoms with Crippen LogP contribution < -0.4 is 9.88 Å². The number of rotatable bonds is 4. The fourth-order valence-corrected chi connectivity index (χ4v) is 1.26. The van der Waals surface area contributed by atoms with Gasteiger partial charge in [-0.15, -0.1) is 0 Å². The number of sulfonamides is 1. The van der Waals surface area contributed by atoms with Crippen LogP contribution in [0, 0.1) is 18.8 Å². The quantitative estimate of drug-likeness (QED) is 0.826. The van der Waals surface area contributed by atoms with Gasteiger partial charge in [-0.1, -0.05) is 6.07 Å². The molecule has 0 amide bonds. The summed E-state index contributed by atoms with van der Waals surface area (Å²) in [4.78, 5) is 0. The van der Waals surface area contributed by atoms with E-state index in [2.05, 4.69) is 6.07 Å². The second kappa shape index (κ2) is 4.59. The van der Waals surface area contributed by atoms with Crippen LogP contribution in [0.25, 0.3) is 0 Å². The first-order valence-corrected chi connectivity index (χ1v) is 5.92. The zero-order valence-corrected chi connectivity index (χ0v) is 8.97. The molecule has 0 spiro atoms. The van der Waals surface area contributed by atoms with Crippen molar-refractivity contribution < 1.29 is 17.5 Å². The molecule has 1 aromatic carbocycles. The third-order valence-electron chi connectivity index (χ3n) is 1.71. The van der Waals surface area contributed by atoms with Gasteiger partial charge >= 0.3 is 0 Å². The van der Waals surface area contributed by atoms with Crippen molar-refractivity contribution in [3.05, 3.63) is 29.6 Å². The van der Waals surface area contributed by atoms with Crippen LogP contribution in [0.3, 0.4) is 0 Å². The molecule has 0 saturated heterocycles. The summed E-state index contributed by atoms with van der Waals surface area (Å²) < 4.78 is 39.4. The van der Waals surface area contributed by atoms with Gasteiger partial charge < -0.3 is 4.74 Å². The minimum Gasteiger partial charge on any atom is -0.489 e. The summed E-state index contributed by atoms with van der Waals surface area (Å²) in [5, 5.41) is 4.76. The predicted octanol–water partition coefficient (Wildman–Crippen LogP) is 0.602. The molecule has 6 heteroatoms. The molecule has 1 rings (SSSR count). The number of benzene rings is 1. The molecule has 0 aromatic heterocycles. The highest BCUT2D eigenvalue weighted by Gasteiger charge is 2.08. The number of nitrogens with two attached hydrogens (primary N) is 1. The minimum absolute atomic E-state index is 0.00917. The van der Waals surface area contributed by atoms with Crippen molar-refractivity contribution in [3.8, 4) is 5.75 Å². The number of hydrogen-bond acceptors (Lipinski definition) is 3. The van der Waals surface area contributed by atoms with Crippen molar-refractivity contribution in [2.24, 2.45) is 5.14 Å². The Labute approximate surface area is 87.9 Å². The number of ether oxygens (including phenoxy) is 1. The maximum absolute atomic E-state index is 13.3. The third kappa shape index (κ3) is 3.85. The topological polar surface area (TPSA) is 69.4 Å². The molecule has 2 N–H and O–H groups in total. The maximum atomic E-state index is 13.3. The van der Waals surface area contributed by atoms with E-state index in [-0.39, 0.29) is 18.1 Å². The molecule has 15 heavy (non-hydrogen) atoms. The van der Waals surface area contributed by atoms with E-state index >= 15 is 0 Å². The van der Waals surface area contributed by atoms with E-state index < -0.39 is 15.8 Å². The second-order valence-corrected chi connectivity index (χ2v) is 4.73. The summed E-state index contributed by atoms with van der Waals surface area (Å²) >= 11 is 0. The Hall–Kier alpha value is -1.14. The Balaban J connectivity index is 2.62. The zero-order valence-electron chi connectivity index (χ0n) is 8.16. The summed E-state index contributed by atoms with van der Waals surface area (Å²) in [7, 11) is -3.57. The average molecular weight is 232 g/mol. The summed E-state index contributed by atoms with van der Waals surface area (Å²) in [6.07, 6.45) is 0. The molecule has 1 radical (unpaired) electrons. The molecule has 0 aliphatic heterocycles. The first-order chi connectivity index (χ1) is 6.90. The number of aryl methyl sites for hydroxylation is 1. The average Bonchev–Trinajstić information content (AvgIpc) is 2.10. The Morgan fingerprint density at radius 3 is 2.87 bits per heavy atom. The molecule has 0 atom stereocenters. The fourth-order valence-electron chi connectivity index (χ4n) is 0.943. The van der Waals surface area contributed by atoms with E-state index in [1.165, 1.54) is 12.1 Å². The lowest BCUT2D eigenvalue weighted by molar-refractivity contribution is 0.321. The van der Waals surface area contributed by atoms with Crippen LogP contribution in [0.2, 0.25) is 0 Å². The van der Waals surface area contributed by atoms with Crippen molar-refractivity contribution in [1.29, 1.82) is 0 Å². The highest BCUT2D eigenvalue weighted by molar-refractivity contribution is 7.89. The lowest BCUT2D eigenvalue weighted by Crippen LogP contribution is -2.21. The third-order valence-corrected chi connectivity index (χ3v) is 2.44. The van der Waals surface area contributed by atoms with Crippen molar-refractivity contribution >= 4 is 10.0 Å². The molecular weight excluding hydrogens is 221 g/mol. The molecule has 1 aromatic rings. The van der Waals surface area contributed by atoms with Gasteiger partial charge in [0.15, 0.2) is 11.6 Å². The van der Waals surface area contributed by atoms with Gasteiger partial charge in [-0.3, -0.25) is 0 Å². The highest BCUT2D eigenvalue weighted by atomic mass is 32.2. The Morgan fingerprint density at radius 2 is 2.27 bits per heavy atom. The van der Waals surface area contributed by atoms with Crippen LogP contribution in [-0.4, -0.2) is 20.8 Å². The van der Waals surface area contributed by atoms with Crippen molar-refractivity contribution in [2.75, 3.05) is 12.4 Å². The summed E-state index contributed by atoms with van der Waals surface area (Å²) in [6, 6.07) is 5.53. The maximum Gasteiger partial charge on any atom is 0.212 e. The minimum atomic E-state index is -3.57. The SMILES string of the molecule is Cc1[c]ccc(OCCS(N)(=O)=O)c1F. The van der Waals surface area contributed by atoms with Crippen molar-refractivity contribution in [2.45, 2.75) is 6.92 Å². The van der Waals surface area contributed by atoms with E-state index in [4.69, 9.17) is 9.88 Å². The van der Waals surface area contributed by atoms with Gasteiger partial charge in [0.05, 0.1) is 5.75 Å². The van der Waals surface area contributed by atoms with E-state index in [1.54, 1.807) is 6.92 Å². The summed E-state index contributed by atoms with van der Waals surface area (Å²) in [5.74, 6) is -0.869. The summed E-state index contributed by atoms with van der Waals surface area (Å²) in [6.45, 7) is 1.38. The Kier molecular flexibility index (Phi) is 3.65. The summed E-state index contributed by atoms with van der Waals surface area (Å²) in [5.41, 5.74) is 0.322. The normalized spacial score (nSPS) is 11.4. The molecule has 0 fully saturated rings. The molecular formula is C9H11FNO3S. The van der Waals surface area contributed by atoms with Crippen LogP contribution in [-0.2, 0) is 10.0 Å². The molecule has 0 aliphatic carbocycles. The monoisotopic (exact) mass is 232 g/mol. The van der Waals surface area contributed by atoms with E-state index in [9.17, 15) is 12.8 Å². The molecule has 4 nitrogen and oxygen atoms in total. The van der Waals surface area contributed by atoms with Crippen LogP contribution in [0.1, 0.15) is 5.56 Å². The molecule has 0 saturated carbocycles.